The number of likely N-dealkylation sites (N-methyl/N-ethyl adjacent to an activating group) is 1. The van der Waals surface area contributed by atoms with Gasteiger partial charge in [0.1, 0.15) is 5.52 Å². The van der Waals surface area contributed by atoms with E-state index in [1.807, 2.05) is 12.1 Å². The van der Waals surface area contributed by atoms with Crippen molar-refractivity contribution < 1.29 is 0 Å². The molecule has 20 heavy (non-hydrogen) atoms. The van der Waals surface area contributed by atoms with Crippen molar-refractivity contribution in [1.29, 1.82) is 10.8 Å². The number of hydrogen-bond donors (Lipinski definition) is 2. The highest BCUT2D eigenvalue weighted by Gasteiger charge is 2.19. The van der Waals surface area contributed by atoms with Crippen molar-refractivity contribution in [3.8, 4) is 0 Å². The van der Waals surface area contributed by atoms with Crippen LogP contribution in [0.3, 0.4) is 0 Å². The molecule has 0 radical (unpaired) electrons. The maximum absolute atomic E-state index is 8.27. The van der Waals surface area contributed by atoms with Crippen LogP contribution in [0.15, 0.2) is 18.3 Å². The summed E-state index contributed by atoms with van der Waals surface area (Å²) in [5.41, 5.74) is 1.47. The molecule has 7 nitrogen and oxygen atoms in total. The number of hydrogen-bond acceptors (Lipinski definition) is 6. The Morgan fingerprint density at radius 2 is 2.00 bits per heavy atom. The van der Waals surface area contributed by atoms with Gasteiger partial charge in [-0.25, -0.2) is 9.97 Å². The molecule has 0 spiro atoms. The molecule has 0 unspecified atom stereocenters. The van der Waals surface area contributed by atoms with Crippen LogP contribution in [0.4, 0.5) is 5.82 Å². The molecule has 0 saturated carbocycles. The maximum atomic E-state index is 8.27. The van der Waals surface area contributed by atoms with E-state index in [4.69, 9.17) is 10.8 Å². The fourth-order valence-electron chi connectivity index (χ4n) is 2.41. The molecule has 0 atom stereocenters. The van der Waals surface area contributed by atoms with Gasteiger partial charge in [0.15, 0.2) is 17.0 Å². The number of anilines is 1. The molecule has 0 bridgehead atoms. The van der Waals surface area contributed by atoms with Crippen LogP contribution < -0.4 is 10.4 Å². The first-order valence-corrected chi connectivity index (χ1v) is 6.56. The third kappa shape index (κ3) is 2.05. The average Bonchev–Trinajstić information content (AvgIpc) is 2.48. The van der Waals surface area contributed by atoms with Gasteiger partial charge in [0.25, 0.3) is 0 Å². The van der Waals surface area contributed by atoms with Gasteiger partial charge in [-0.1, -0.05) is 0 Å². The van der Waals surface area contributed by atoms with Gasteiger partial charge in [-0.05, 0) is 19.2 Å². The molecule has 1 fully saturated rings. The van der Waals surface area contributed by atoms with Gasteiger partial charge in [0, 0.05) is 32.4 Å². The smallest absolute Gasteiger partial charge is 0.175 e. The van der Waals surface area contributed by atoms with Gasteiger partial charge < -0.3 is 9.80 Å². The Labute approximate surface area is 116 Å². The van der Waals surface area contributed by atoms with Crippen molar-refractivity contribution in [1.82, 2.24) is 19.4 Å². The van der Waals surface area contributed by atoms with Gasteiger partial charge in [-0.15, -0.1) is 0 Å². The van der Waals surface area contributed by atoms with Crippen molar-refractivity contribution in [3.05, 3.63) is 23.8 Å². The van der Waals surface area contributed by atoms with Crippen LogP contribution >= 0.6 is 0 Å². The zero-order valence-electron chi connectivity index (χ0n) is 11.4. The standard InChI is InChI=1S/C13H17N7/c1-18-5-7-19(8-6-18)13-11(15)20(9-14)12-10(17-13)3-2-4-16-12/h2-4,9,14-15H,5-8H2,1H3. The molecule has 1 aliphatic rings. The molecule has 3 rings (SSSR count). The Bertz CT molecular complexity index is 697. The second-order valence-electron chi connectivity index (χ2n) is 4.92. The molecule has 1 aliphatic heterocycles. The Morgan fingerprint density at radius 3 is 2.70 bits per heavy atom. The van der Waals surface area contributed by atoms with Crippen molar-refractivity contribution >= 4 is 23.3 Å². The predicted molar refractivity (Wildman–Crippen MR) is 77.3 cm³/mol. The van der Waals surface area contributed by atoms with E-state index in [-0.39, 0.29) is 5.49 Å². The minimum atomic E-state index is 0.218. The van der Waals surface area contributed by atoms with Crippen LogP contribution in [-0.2, 0) is 0 Å². The third-order valence-electron chi connectivity index (χ3n) is 3.61. The SMILES string of the molecule is CN1CCN(c2nc3cccnc3n(C=N)c2=N)CC1. The first kappa shape index (κ1) is 12.7. The largest absolute Gasteiger partial charge is 0.351 e. The van der Waals surface area contributed by atoms with Crippen LogP contribution in [0.25, 0.3) is 11.2 Å². The van der Waals surface area contributed by atoms with E-state index in [2.05, 4.69) is 26.8 Å². The lowest BCUT2D eigenvalue weighted by Gasteiger charge is -2.33. The van der Waals surface area contributed by atoms with Gasteiger partial charge in [-0.3, -0.25) is 15.4 Å². The predicted octanol–water partition coefficient (Wildman–Crippen LogP) is 0.118. The molecule has 3 heterocycles. The van der Waals surface area contributed by atoms with E-state index in [9.17, 15) is 0 Å². The van der Waals surface area contributed by atoms with E-state index < -0.39 is 0 Å². The number of pyridine rings is 1. The van der Waals surface area contributed by atoms with E-state index in [1.54, 1.807) is 6.20 Å². The third-order valence-corrected chi connectivity index (χ3v) is 3.61. The topological polar surface area (TPSA) is 84.9 Å². The number of fused-ring (bicyclic) bond motifs is 1. The summed E-state index contributed by atoms with van der Waals surface area (Å²) in [6, 6.07) is 3.68. The molecule has 0 aromatic carbocycles. The summed E-state index contributed by atoms with van der Waals surface area (Å²) in [5.74, 6) is 0.627. The Kier molecular flexibility index (Phi) is 3.19. The quantitative estimate of drug-likeness (QED) is 0.600. The number of nitrogens with zero attached hydrogens (tertiary/aromatic N) is 5. The van der Waals surface area contributed by atoms with E-state index in [0.29, 0.717) is 17.0 Å². The van der Waals surface area contributed by atoms with E-state index in [1.165, 1.54) is 4.57 Å². The van der Waals surface area contributed by atoms with E-state index in [0.717, 1.165) is 32.5 Å². The maximum Gasteiger partial charge on any atom is 0.175 e. The van der Waals surface area contributed by atoms with Gasteiger partial charge >= 0.3 is 0 Å². The number of nitrogens with one attached hydrogen (secondary N) is 2. The summed E-state index contributed by atoms with van der Waals surface area (Å²) in [5, 5.41) is 15.8. The fraction of sp³-hybridized carbons (Fsp3) is 0.385. The van der Waals surface area contributed by atoms with Crippen LogP contribution in [0.5, 0.6) is 0 Å². The molecule has 7 heteroatoms. The van der Waals surface area contributed by atoms with E-state index >= 15 is 0 Å². The van der Waals surface area contributed by atoms with Crippen molar-refractivity contribution in [3.63, 3.8) is 0 Å². The fourth-order valence-corrected chi connectivity index (χ4v) is 2.41. The van der Waals surface area contributed by atoms with Crippen LogP contribution in [0, 0.1) is 10.8 Å². The Hall–Kier alpha value is -2.28. The molecule has 2 aromatic heterocycles. The van der Waals surface area contributed by atoms with Crippen LogP contribution in [0.1, 0.15) is 0 Å². The number of piperazine rings is 1. The molecular formula is C13H17N7. The molecule has 2 aromatic rings. The second-order valence-corrected chi connectivity index (χ2v) is 4.92. The average molecular weight is 271 g/mol. The normalized spacial score (nSPS) is 16.6. The zero-order chi connectivity index (χ0) is 14.1. The first-order valence-electron chi connectivity index (χ1n) is 6.56. The summed E-state index contributed by atoms with van der Waals surface area (Å²) >= 11 is 0. The highest BCUT2D eigenvalue weighted by molar-refractivity contribution is 5.78. The second kappa shape index (κ2) is 5.01. The van der Waals surface area contributed by atoms with Gasteiger partial charge in [0.2, 0.25) is 0 Å². The van der Waals surface area contributed by atoms with Crippen molar-refractivity contribution in [2.24, 2.45) is 0 Å². The van der Waals surface area contributed by atoms with Gasteiger partial charge in [-0.2, -0.15) is 0 Å². The van der Waals surface area contributed by atoms with Crippen molar-refractivity contribution in [2.75, 3.05) is 38.1 Å². The van der Waals surface area contributed by atoms with Crippen LogP contribution in [0.2, 0.25) is 0 Å². The first-order chi connectivity index (χ1) is 9.70. The number of rotatable bonds is 2. The molecule has 1 saturated heterocycles. The highest BCUT2D eigenvalue weighted by atomic mass is 15.3. The lowest BCUT2D eigenvalue weighted by molar-refractivity contribution is 0.311. The summed E-state index contributed by atoms with van der Waals surface area (Å²) in [6.07, 6.45) is 2.78. The van der Waals surface area contributed by atoms with Gasteiger partial charge in [0.05, 0.1) is 6.34 Å². The molecule has 104 valence electrons. The summed E-state index contributed by atoms with van der Waals surface area (Å²) in [4.78, 5) is 13.1. The lowest BCUT2D eigenvalue weighted by atomic mass is 10.3. The lowest BCUT2D eigenvalue weighted by Crippen LogP contribution is -2.47. The molecule has 0 aliphatic carbocycles. The minimum absolute atomic E-state index is 0.218. The minimum Gasteiger partial charge on any atom is -0.351 e. The Balaban J connectivity index is 2.14. The summed E-state index contributed by atoms with van der Waals surface area (Å²) in [7, 11) is 2.09. The molecule has 0 amide bonds. The summed E-state index contributed by atoms with van der Waals surface area (Å²) < 4.78 is 1.47. The molecule has 2 N–H and O–H groups in total. The molecular weight excluding hydrogens is 254 g/mol. The van der Waals surface area contributed by atoms with Crippen LogP contribution in [-0.4, -0.2) is 59.0 Å². The van der Waals surface area contributed by atoms with Crippen molar-refractivity contribution in [2.45, 2.75) is 0 Å². The summed E-state index contributed by atoms with van der Waals surface area (Å²) in [6.45, 7) is 3.60. The number of aromatic nitrogens is 3. The Morgan fingerprint density at radius 1 is 1.25 bits per heavy atom. The highest BCUT2D eigenvalue weighted by Crippen LogP contribution is 2.13. The monoisotopic (exact) mass is 271 g/mol. The zero-order valence-corrected chi connectivity index (χ0v) is 11.4.